The van der Waals surface area contributed by atoms with Gasteiger partial charge >= 0.3 is 5.97 Å². The number of carbonyl (C=O) groups excluding carboxylic acids is 1. The van der Waals surface area contributed by atoms with E-state index in [9.17, 15) is 4.79 Å². The van der Waals surface area contributed by atoms with Gasteiger partial charge in [-0.25, -0.2) is 9.78 Å². The molecule has 0 radical (unpaired) electrons. The molecule has 0 saturated carbocycles. The summed E-state index contributed by atoms with van der Waals surface area (Å²) in [5.74, 6) is 0.171. The minimum atomic E-state index is -0.315. The van der Waals surface area contributed by atoms with Crippen molar-refractivity contribution in [2.75, 3.05) is 24.6 Å². The molecule has 6 nitrogen and oxygen atoms in total. The lowest BCUT2D eigenvalue weighted by Crippen LogP contribution is -2.25. The Bertz CT molecular complexity index is 1840. The van der Waals surface area contributed by atoms with Crippen LogP contribution in [-0.4, -0.2) is 30.6 Å². The number of nitrogens with zero attached hydrogens (tertiary/aromatic N) is 2. The second-order valence-electron chi connectivity index (χ2n) is 11.0. The average Bonchev–Trinajstić information content (AvgIpc) is 3.64. The summed E-state index contributed by atoms with van der Waals surface area (Å²) in [4.78, 5) is 19.8. The van der Waals surface area contributed by atoms with Crippen molar-refractivity contribution in [1.82, 2.24) is 4.98 Å². The molecule has 216 valence electrons. The first-order valence-corrected chi connectivity index (χ1v) is 15.3. The molecule has 0 aliphatic heterocycles. The number of oxazole rings is 1. The van der Waals surface area contributed by atoms with Crippen LogP contribution in [-0.2, 0) is 4.74 Å². The Morgan fingerprint density at radius 2 is 1.50 bits per heavy atom. The highest BCUT2D eigenvalue weighted by Crippen LogP contribution is 2.42. The smallest absolute Gasteiger partial charge is 0.338 e. The van der Waals surface area contributed by atoms with Crippen LogP contribution in [0.2, 0.25) is 0 Å². The van der Waals surface area contributed by atoms with Gasteiger partial charge in [-0.3, -0.25) is 0 Å². The molecule has 0 saturated heterocycles. The van der Waals surface area contributed by atoms with Crippen molar-refractivity contribution >= 4 is 55.5 Å². The number of benzene rings is 4. The summed E-state index contributed by atoms with van der Waals surface area (Å²) in [6.07, 6.45) is 6.49. The van der Waals surface area contributed by atoms with Gasteiger partial charge in [0.25, 0.3) is 0 Å². The number of aromatic nitrogens is 1. The summed E-state index contributed by atoms with van der Waals surface area (Å²) < 4.78 is 18.4. The van der Waals surface area contributed by atoms with E-state index in [2.05, 4.69) is 56.0 Å². The average molecular weight is 563 g/mol. The topological polar surface area (TPSA) is 68.7 Å². The predicted octanol–water partition coefficient (Wildman–Crippen LogP) is 9.91. The Labute approximate surface area is 246 Å². The first kappa shape index (κ1) is 27.8. The summed E-state index contributed by atoms with van der Waals surface area (Å²) in [7, 11) is 0. The first-order valence-electron chi connectivity index (χ1n) is 15.3. The molecular formula is C36H38N2O4. The normalized spacial score (nSPS) is 11.7. The molecule has 0 bridgehead atoms. The number of ether oxygens (including phenoxy) is 1. The number of furan rings is 1. The highest BCUT2D eigenvalue weighted by Gasteiger charge is 2.22. The molecule has 0 atom stereocenters. The van der Waals surface area contributed by atoms with Gasteiger partial charge in [-0.2, -0.15) is 0 Å². The molecule has 0 N–H and O–H groups in total. The summed E-state index contributed by atoms with van der Waals surface area (Å²) in [5.41, 5.74) is 5.48. The molecule has 6 heteroatoms. The van der Waals surface area contributed by atoms with Gasteiger partial charge < -0.3 is 18.5 Å². The van der Waals surface area contributed by atoms with Crippen molar-refractivity contribution in [3.63, 3.8) is 0 Å². The van der Waals surface area contributed by atoms with Crippen LogP contribution in [0.4, 0.5) is 5.69 Å². The Balaban J connectivity index is 1.44. The van der Waals surface area contributed by atoms with Gasteiger partial charge in [0, 0.05) is 46.6 Å². The lowest BCUT2D eigenvalue weighted by atomic mass is 10.0. The third kappa shape index (κ3) is 5.22. The van der Waals surface area contributed by atoms with Crippen LogP contribution in [0.3, 0.4) is 0 Å². The lowest BCUT2D eigenvalue weighted by molar-refractivity contribution is 0.0499. The highest BCUT2D eigenvalue weighted by atomic mass is 16.5. The van der Waals surface area contributed by atoms with E-state index < -0.39 is 0 Å². The number of fused-ring (bicyclic) bond motifs is 8. The zero-order valence-electron chi connectivity index (χ0n) is 24.7. The van der Waals surface area contributed by atoms with Gasteiger partial charge in [-0.05, 0) is 61.0 Å². The van der Waals surface area contributed by atoms with Crippen LogP contribution >= 0.6 is 0 Å². The fraction of sp³-hybridized carbons (Fsp3) is 0.333. The van der Waals surface area contributed by atoms with Gasteiger partial charge in [0.05, 0.1) is 12.2 Å². The molecule has 2 aromatic heterocycles. The molecule has 0 aliphatic carbocycles. The van der Waals surface area contributed by atoms with Crippen LogP contribution in [0.15, 0.2) is 75.6 Å². The van der Waals surface area contributed by atoms with E-state index in [0.29, 0.717) is 29.2 Å². The van der Waals surface area contributed by atoms with Crippen molar-refractivity contribution < 1.29 is 18.4 Å². The molecule has 0 amide bonds. The van der Waals surface area contributed by atoms with E-state index in [1.165, 1.54) is 18.5 Å². The number of carbonyl (C=O) groups is 1. The maximum absolute atomic E-state index is 12.4. The molecule has 0 unspecified atom stereocenters. The summed E-state index contributed by atoms with van der Waals surface area (Å²) in [6, 6.07) is 22.1. The first-order chi connectivity index (χ1) is 20.6. The van der Waals surface area contributed by atoms with Gasteiger partial charge in [-0.1, -0.05) is 64.3 Å². The van der Waals surface area contributed by atoms with Gasteiger partial charge in [0.2, 0.25) is 5.89 Å². The summed E-state index contributed by atoms with van der Waals surface area (Å²) >= 11 is 0. The predicted molar refractivity (Wildman–Crippen MR) is 171 cm³/mol. The van der Waals surface area contributed by atoms with E-state index in [0.717, 1.165) is 77.0 Å². The minimum Gasteiger partial charge on any atom is -0.462 e. The molecule has 4 aromatic carbocycles. The van der Waals surface area contributed by atoms with E-state index in [1.54, 1.807) is 12.1 Å². The van der Waals surface area contributed by atoms with E-state index in [1.807, 2.05) is 24.3 Å². The Morgan fingerprint density at radius 1 is 0.786 bits per heavy atom. The van der Waals surface area contributed by atoms with Crippen molar-refractivity contribution in [2.45, 2.75) is 59.3 Å². The van der Waals surface area contributed by atoms with Crippen LogP contribution in [0.1, 0.15) is 69.7 Å². The van der Waals surface area contributed by atoms with Crippen molar-refractivity contribution in [3.8, 4) is 11.5 Å². The number of rotatable bonds is 12. The largest absolute Gasteiger partial charge is 0.462 e. The second kappa shape index (κ2) is 12.3. The number of hydrogen-bond donors (Lipinski definition) is 0. The van der Waals surface area contributed by atoms with Gasteiger partial charge in [0.15, 0.2) is 16.7 Å². The van der Waals surface area contributed by atoms with Crippen LogP contribution in [0.5, 0.6) is 0 Å². The number of anilines is 1. The van der Waals surface area contributed by atoms with E-state index >= 15 is 0 Å². The van der Waals surface area contributed by atoms with Crippen molar-refractivity contribution in [3.05, 3.63) is 72.3 Å². The van der Waals surface area contributed by atoms with Gasteiger partial charge in [-0.15, -0.1) is 0 Å². The molecule has 0 fully saturated rings. The highest BCUT2D eigenvalue weighted by molar-refractivity contribution is 6.28. The van der Waals surface area contributed by atoms with Crippen LogP contribution in [0, 0.1) is 0 Å². The Kier molecular flexibility index (Phi) is 8.13. The Hall–Kier alpha value is -4.32. The molecule has 6 rings (SSSR count). The molecule has 2 heterocycles. The Morgan fingerprint density at radius 3 is 2.21 bits per heavy atom. The minimum absolute atomic E-state index is 0.315. The summed E-state index contributed by atoms with van der Waals surface area (Å²) in [5, 5.41) is 4.20. The summed E-state index contributed by atoms with van der Waals surface area (Å²) in [6.45, 7) is 9.05. The second-order valence-corrected chi connectivity index (χ2v) is 11.0. The third-order valence-electron chi connectivity index (χ3n) is 7.98. The fourth-order valence-corrected chi connectivity index (χ4v) is 5.60. The fourth-order valence-electron chi connectivity index (χ4n) is 5.60. The quantitative estimate of drug-likeness (QED) is 0.109. The van der Waals surface area contributed by atoms with E-state index in [-0.39, 0.29) is 5.97 Å². The maximum atomic E-state index is 12.4. The number of esters is 1. The van der Waals surface area contributed by atoms with Crippen LogP contribution in [0.25, 0.3) is 55.3 Å². The standard InChI is InChI=1S/C36H38N2O4/c1-4-7-20-38(21-8-5-2)26-18-19-29-30(23-26)41-34-31(29)27-12-10-11-13-28(27)33-32(34)37-35(42-33)24-14-16-25(17-15-24)36(39)40-22-9-6-3/h10-19,23H,4-9,20-22H2,1-3H3. The number of hydrogen-bond acceptors (Lipinski definition) is 6. The number of unbranched alkanes of at least 4 members (excludes halogenated alkanes) is 3. The SMILES string of the molecule is CCCCOC(=O)c1ccc(-c2nc3c(o2)c2ccccc2c2c4ccc(N(CCCC)CCCC)cc4oc32)cc1. The zero-order valence-corrected chi connectivity index (χ0v) is 24.7. The monoisotopic (exact) mass is 562 g/mol. The molecule has 0 aliphatic rings. The van der Waals surface area contributed by atoms with Crippen LogP contribution < -0.4 is 4.90 Å². The molecule has 0 spiro atoms. The molecular weight excluding hydrogens is 524 g/mol. The lowest BCUT2D eigenvalue weighted by Gasteiger charge is -2.24. The zero-order chi connectivity index (χ0) is 29.1. The van der Waals surface area contributed by atoms with Crippen molar-refractivity contribution in [2.24, 2.45) is 0 Å². The van der Waals surface area contributed by atoms with Gasteiger partial charge in [0.1, 0.15) is 5.58 Å². The van der Waals surface area contributed by atoms with E-state index in [4.69, 9.17) is 18.6 Å². The third-order valence-corrected chi connectivity index (χ3v) is 7.98. The maximum Gasteiger partial charge on any atom is 0.338 e. The van der Waals surface area contributed by atoms with Crippen molar-refractivity contribution in [1.29, 1.82) is 0 Å². The molecule has 42 heavy (non-hydrogen) atoms. The molecule has 6 aromatic rings.